The molecule has 0 spiro atoms. The zero-order valence-electron chi connectivity index (χ0n) is 14.2. The average molecular weight is 383 g/mol. The second kappa shape index (κ2) is 5.49. The van der Waals surface area contributed by atoms with Gasteiger partial charge in [0, 0.05) is 11.2 Å². The minimum absolute atomic E-state index is 0.156. The summed E-state index contributed by atoms with van der Waals surface area (Å²) < 4.78 is 0. The third-order valence-electron chi connectivity index (χ3n) is 6.18. The second-order valence-electron chi connectivity index (χ2n) is 9.12. The zero-order chi connectivity index (χ0) is 17.2. The maximum atomic E-state index is 6.10. The van der Waals surface area contributed by atoms with Crippen molar-refractivity contribution in [3.8, 4) is 0 Å². The Morgan fingerprint density at radius 3 is 2.29 bits per heavy atom. The third kappa shape index (κ3) is 3.04. The molecule has 4 saturated carbocycles. The van der Waals surface area contributed by atoms with Crippen molar-refractivity contribution in [1.29, 1.82) is 0 Å². The molecule has 5 heteroatoms. The van der Waals surface area contributed by atoms with Gasteiger partial charge in [-0.25, -0.2) is 0 Å². The normalized spacial score (nSPS) is 39.8. The molecule has 0 aliphatic heterocycles. The van der Waals surface area contributed by atoms with Gasteiger partial charge in [0.25, 0.3) is 0 Å². The molecule has 2 N–H and O–H groups in total. The van der Waals surface area contributed by atoms with Crippen molar-refractivity contribution in [2.75, 3.05) is 5.32 Å². The van der Waals surface area contributed by atoms with Crippen LogP contribution in [0.25, 0.3) is 0 Å². The van der Waals surface area contributed by atoms with E-state index >= 15 is 0 Å². The van der Waals surface area contributed by atoms with E-state index in [1.807, 2.05) is 12.1 Å². The van der Waals surface area contributed by atoms with Crippen LogP contribution in [0.3, 0.4) is 0 Å². The smallest absolute Gasteiger partial charge is 0.171 e. The van der Waals surface area contributed by atoms with Gasteiger partial charge < -0.3 is 10.6 Å². The van der Waals surface area contributed by atoms with Crippen molar-refractivity contribution < 1.29 is 0 Å². The minimum atomic E-state index is 0.156. The van der Waals surface area contributed by atoms with Crippen LogP contribution in [0.5, 0.6) is 0 Å². The van der Waals surface area contributed by atoms with Crippen LogP contribution in [0, 0.1) is 16.7 Å². The second-order valence-corrected chi connectivity index (χ2v) is 10.3. The summed E-state index contributed by atoms with van der Waals surface area (Å²) in [5, 5.41) is 8.79. The van der Waals surface area contributed by atoms with E-state index in [9.17, 15) is 0 Å². The van der Waals surface area contributed by atoms with Crippen LogP contribution in [0.1, 0.15) is 52.4 Å². The molecule has 4 aliphatic carbocycles. The van der Waals surface area contributed by atoms with Gasteiger partial charge in [-0.05, 0) is 85.7 Å². The summed E-state index contributed by atoms with van der Waals surface area (Å²) in [6.45, 7) is 4.95. The molecule has 0 radical (unpaired) electrons. The molecule has 0 amide bonds. The van der Waals surface area contributed by atoms with Gasteiger partial charge in [0.15, 0.2) is 5.11 Å². The summed E-state index contributed by atoms with van der Waals surface area (Å²) >= 11 is 17.7. The fourth-order valence-electron chi connectivity index (χ4n) is 6.56. The number of halogens is 2. The molecular weight excluding hydrogens is 359 g/mol. The molecule has 2 atom stereocenters. The minimum Gasteiger partial charge on any atom is -0.357 e. The first-order valence-corrected chi connectivity index (χ1v) is 9.89. The average Bonchev–Trinajstić information content (AvgIpc) is 2.37. The van der Waals surface area contributed by atoms with E-state index < -0.39 is 0 Å². The number of nitrogens with one attached hydrogen (secondary N) is 2. The van der Waals surface area contributed by atoms with Crippen LogP contribution in [-0.2, 0) is 0 Å². The lowest BCUT2D eigenvalue weighted by Gasteiger charge is -2.65. The first-order chi connectivity index (χ1) is 11.2. The Morgan fingerprint density at radius 1 is 1.04 bits per heavy atom. The predicted octanol–water partition coefficient (Wildman–Crippen LogP) is 6.03. The van der Waals surface area contributed by atoms with Crippen LogP contribution < -0.4 is 10.6 Å². The van der Waals surface area contributed by atoms with Gasteiger partial charge in [0.1, 0.15) is 0 Å². The van der Waals surface area contributed by atoms with Gasteiger partial charge in [0.05, 0.1) is 10.0 Å². The SMILES string of the molecule is CC12CC3CC(C)(C1)CC(NC(=S)Nc1ccc(Cl)c(Cl)c1)(C3)C2. The molecule has 0 heterocycles. The Kier molecular flexibility index (Phi) is 3.87. The van der Waals surface area contributed by atoms with E-state index in [-0.39, 0.29) is 5.54 Å². The van der Waals surface area contributed by atoms with Gasteiger partial charge in [-0.2, -0.15) is 0 Å². The zero-order valence-corrected chi connectivity index (χ0v) is 16.5. The van der Waals surface area contributed by atoms with Crippen molar-refractivity contribution in [2.24, 2.45) is 16.7 Å². The van der Waals surface area contributed by atoms with E-state index in [0.717, 1.165) is 11.6 Å². The lowest BCUT2D eigenvalue weighted by molar-refractivity contribution is -0.111. The molecular formula is C19H24Cl2N2S. The Morgan fingerprint density at radius 2 is 1.71 bits per heavy atom. The number of hydrogen-bond donors (Lipinski definition) is 2. The molecule has 24 heavy (non-hydrogen) atoms. The Hall–Kier alpha value is -0.510. The first-order valence-electron chi connectivity index (χ1n) is 8.73. The maximum absolute atomic E-state index is 6.10. The van der Waals surface area contributed by atoms with Gasteiger partial charge >= 0.3 is 0 Å². The number of hydrogen-bond acceptors (Lipinski definition) is 1. The van der Waals surface area contributed by atoms with Crippen LogP contribution in [0.2, 0.25) is 10.0 Å². The monoisotopic (exact) mass is 382 g/mol. The highest BCUT2D eigenvalue weighted by Gasteiger charge is 2.60. The molecule has 1 aromatic carbocycles. The molecule has 1 aromatic rings. The summed E-state index contributed by atoms with van der Waals surface area (Å²) in [7, 11) is 0. The topological polar surface area (TPSA) is 24.1 Å². The third-order valence-corrected chi connectivity index (χ3v) is 7.13. The maximum Gasteiger partial charge on any atom is 0.171 e. The number of thiocarbonyl (C=S) groups is 1. The van der Waals surface area contributed by atoms with Crippen molar-refractivity contribution in [1.82, 2.24) is 5.32 Å². The van der Waals surface area contributed by atoms with Crippen molar-refractivity contribution in [3.63, 3.8) is 0 Å². The van der Waals surface area contributed by atoms with E-state index in [0.29, 0.717) is 26.0 Å². The van der Waals surface area contributed by atoms with Crippen LogP contribution >= 0.6 is 35.4 Å². The van der Waals surface area contributed by atoms with E-state index in [1.165, 1.54) is 38.5 Å². The fraction of sp³-hybridized carbons (Fsp3) is 0.632. The van der Waals surface area contributed by atoms with Crippen LogP contribution in [0.4, 0.5) is 5.69 Å². The van der Waals surface area contributed by atoms with E-state index in [1.54, 1.807) is 6.07 Å². The van der Waals surface area contributed by atoms with Crippen LogP contribution in [0.15, 0.2) is 18.2 Å². The van der Waals surface area contributed by atoms with Crippen molar-refractivity contribution in [2.45, 2.75) is 57.9 Å². The highest BCUT2D eigenvalue weighted by atomic mass is 35.5. The van der Waals surface area contributed by atoms with Gasteiger partial charge in [-0.3, -0.25) is 0 Å². The summed E-state index contributed by atoms with van der Waals surface area (Å²) in [6.07, 6.45) is 7.86. The van der Waals surface area contributed by atoms with Crippen molar-refractivity contribution in [3.05, 3.63) is 28.2 Å². The molecule has 130 valence electrons. The van der Waals surface area contributed by atoms with E-state index in [2.05, 4.69) is 24.5 Å². The molecule has 0 saturated heterocycles. The molecule has 5 rings (SSSR count). The highest BCUT2D eigenvalue weighted by molar-refractivity contribution is 7.80. The quantitative estimate of drug-likeness (QED) is 0.610. The van der Waals surface area contributed by atoms with Gasteiger partial charge in [-0.15, -0.1) is 0 Å². The summed E-state index contributed by atoms with van der Waals surface area (Å²) in [4.78, 5) is 0. The van der Waals surface area contributed by atoms with Gasteiger partial charge in [0.2, 0.25) is 0 Å². The Bertz CT molecular complexity index is 687. The molecule has 2 nitrogen and oxygen atoms in total. The van der Waals surface area contributed by atoms with Crippen LogP contribution in [-0.4, -0.2) is 10.7 Å². The van der Waals surface area contributed by atoms with E-state index in [4.69, 9.17) is 35.4 Å². The first kappa shape index (κ1) is 16.9. The van der Waals surface area contributed by atoms with Gasteiger partial charge in [-0.1, -0.05) is 37.0 Å². The molecule has 0 aromatic heterocycles. The summed E-state index contributed by atoms with van der Waals surface area (Å²) in [5.41, 5.74) is 1.98. The molecule has 4 bridgehead atoms. The summed E-state index contributed by atoms with van der Waals surface area (Å²) in [5.74, 6) is 0.844. The molecule has 4 fully saturated rings. The number of benzene rings is 1. The Labute approximate surface area is 159 Å². The highest BCUT2D eigenvalue weighted by Crippen LogP contribution is 2.66. The van der Waals surface area contributed by atoms with Crippen molar-refractivity contribution >= 4 is 46.2 Å². The standard InChI is InChI=1S/C19H24Cl2N2S/c1-17-6-12-7-18(2,9-17)11-19(8-12,10-17)23-16(24)22-13-3-4-14(20)15(21)5-13/h3-5,12H,6-11H2,1-2H3,(H2,22,23,24). The fourth-order valence-corrected chi connectivity index (χ4v) is 7.20. The summed E-state index contributed by atoms with van der Waals surface area (Å²) in [6, 6.07) is 5.52. The largest absolute Gasteiger partial charge is 0.357 e. The lowest BCUT2D eigenvalue weighted by atomic mass is 9.43. The number of anilines is 1. The Balaban J connectivity index is 1.50. The predicted molar refractivity (Wildman–Crippen MR) is 106 cm³/mol. The number of rotatable bonds is 2. The molecule has 2 unspecified atom stereocenters. The lowest BCUT2D eigenvalue weighted by Crippen LogP contribution is -2.65. The molecule has 4 aliphatic rings.